The van der Waals surface area contributed by atoms with Gasteiger partial charge in [0, 0.05) is 5.39 Å². The third kappa shape index (κ3) is 3.20. The van der Waals surface area contributed by atoms with Crippen LogP contribution in [0.5, 0.6) is 5.88 Å². The van der Waals surface area contributed by atoms with Crippen LogP contribution >= 0.6 is 0 Å². The van der Waals surface area contributed by atoms with Gasteiger partial charge in [-0.25, -0.2) is 4.85 Å². The van der Waals surface area contributed by atoms with Crippen molar-refractivity contribution >= 4 is 28.0 Å². The molecule has 8 nitrogen and oxygen atoms in total. The number of aryl methyl sites for hydroxylation is 1. The molecule has 0 amide bonds. The van der Waals surface area contributed by atoms with Gasteiger partial charge in [0.25, 0.3) is 5.69 Å². The molecule has 150 valence electrons. The fourth-order valence-corrected chi connectivity index (χ4v) is 3.31. The van der Waals surface area contributed by atoms with Crippen molar-refractivity contribution in [1.29, 1.82) is 0 Å². The normalized spacial score (nSPS) is 12.0. The summed E-state index contributed by atoms with van der Waals surface area (Å²) in [5.74, 6) is 0.138. The molecule has 0 aliphatic carbocycles. The molecule has 0 aliphatic rings. The molecule has 2 heterocycles. The first-order valence-corrected chi connectivity index (χ1v) is 9.46. The van der Waals surface area contributed by atoms with Gasteiger partial charge in [-0.05, 0) is 23.8 Å². The van der Waals surface area contributed by atoms with Gasteiger partial charge in [0.1, 0.15) is 0 Å². The second-order valence-electron chi connectivity index (χ2n) is 8.00. The zero-order chi connectivity index (χ0) is 21.5. The van der Waals surface area contributed by atoms with Crippen molar-refractivity contribution in [3.63, 3.8) is 0 Å². The number of rotatable bonds is 3. The molecule has 0 aliphatic heterocycles. The van der Waals surface area contributed by atoms with E-state index >= 15 is 0 Å². The summed E-state index contributed by atoms with van der Waals surface area (Å²) in [5, 5.41) is 32.6. The SMILES string of the molecule is [C-]#[N+]c1c(C(C)(C)C)n[nH]c1/N=N/c1c(C)nn(-c2cccc3ccccc23)c1O. The van der Waals surface area contributed by atoms with E-state index in [2.05, 4.69) is 30.4 Å². The van der Waals surface area contributed by atoms with Gasteiger partial charge in [0.15, 0.2) is 11.5 Å². The molecular formula is C22H21N7O. The van der Waals surface area contributed by atoms with Gasteiger partial charge in [-0.3, -0.25) is 5.10 Å². The Kier molecular flexibility index (Phi) is 4.59. The number of nitrogens with one attached hydrogen (secondary N) is 1. The number of hydrogen-bond acceptors (Lipinski definition) is 5. The van der Waals surface area contributed by atoms with Crippen LogP contribution in [0.1, 0.15) is 32.2 Å². The van der Waals surface area contributed by atoms with Crippen LogP contribution in [0.25, 0.3) is 21.3 Å². The zero-order valence-corrected chi connectivity index (χ0v) is 17.2. The summed E-state index contributed by atoms with van der Waals surface area (Å²) < 4.78 is 1.45. The van der Waals surface area contributed by atoms with Crippen LogP contribution in [0.2, 0.25) is 0 Å². The number of aromatic nitrogens is 4. The molecule has 0 radical (unpaired) electrons. The maximum absolute atomic E-state index is 10.8. The van der Waals surface area contributed by atoms with Crippen LogP contribution in [-0.2, 0) is 5.41 Å². The molecule has 0 atom stereocenters. The number of fused-ring (bicyclic) bond motifs is 1. The van der Waals surface area contributed by atoms with E-state index in [-0.39, 0.29) is 22.8 Å². The van der Waals surface area contributed by atoms with Gasteiger partial charge >= 0.3 is 0 Å². The second-order valence-corrected chi connectivity index (χ2v) is 8.00. The topological polar surface area (TPSA) is 95.8 Å². The third-order valence-corrected chi connectivity index (χ3v) is 4.79. The Morgan fingerprint density at radius 2 is 1.83 bits per heavy atom. The molecule has 0 bridgehead atoms. The first kappa shape index (κ1) is 19.3. The van der Waals surface area contributed by atoms with Crippen LogP contribution in [0.15, 0.2) is 52.7 Å². The number of azo groups is 1. The average molecular weight is 399 g/mol. The summed E-state index contributed by atoms with van der Waals surface area (Å²) in [6.45, 7) is 15.2. The highest BCUT2D eigenvalue weighted by Crippen LogP contribution is 2.39. The third-order valence-electron chi connectivity index (χ3n) is 4.79. The smallest absolute Gasteiger partial charge is 0.255 e. The lowest BCUT2D eigenvalue weighted by molar-refractivity contribution is 0.435. The van der Waals surface area contributed by atoms with Gasteiger partial charge in [-0.2, -0.15) is 14.9 Å². The number of H-pyrrole nitrogens is 1. The summed E-state index contributed by atoms with van der Waals surface area (Å²) in [4.78, 5) is 3.56. The number of benzene rings is 2. The van der Waals surface area contributed by atoms with Gasteiger partial charge in [0.05, 0.1) is 23.6 Å². The molecule has 0 unspecified atom stereocenters. The van der Waals surface area contributed by atoms with E-state index in [4.69, 9.17) is 6.57 Å². The van der Waals surface area contributed by atoms with Crippen LogP contribution in [0.4, 0.5) is 17.2 Å². The molecule has 0 saturated heterocycles. The number of aromatic amines is 1. The minimum atomic E-state index is -0.304. The Hall–Kier alpha value is -3.99. The zero-order valence-electron chi connectivity index (χ0n) is 17.2. The maximum Gasteiger partial charge on any atom is 0.255 e. The summed E-state index contributed by atoms with van der Waals surface area (Å²) in [6, 6.07) is 13.7. The van der Waals surface area contributed by atoms with Gasteiger partial charge in [-0.1, -0.05) is 57.2 Å². The highest BCUT2D eigenvalue weighted by molar-refractivity contribution is 5.90. The van der Waals surface area contributed by atoms with Crippen molar-refractivity contribution in [1.82, 2.24) is 20.0 Å². The van der Waals surface area contributed by atoms with E-state index in [1.165, 1.54) is 4.68 Å². The minimum absolute atomic E-state index is 0.118. The van der Waals surface area contributed by atoms with Crippen molar-refractivity contribution < 1.29 is 5.11 Å². The lowest BCUT2D eigenvalue weighted by Crippen LogP contribution is -2.11. The molecule has 4 rings (SSSR count). The Bertz CT molecular complexity index is 1310. The summed E-state index contributed by atoms with van der Waals surface area (Å²) in [7, 11) is 0. The van der Waals surface area contributed by atoms with E-state index < -0.39 is 0 Å². The van der Waals surface area contributed by atoms with Crippen molar-refractivity contribution in [3.8, 4) is 11.6 Å². The Morgan fingerprint density at radius 3 is 2.57 bits per heavy atom. The molecule has 4 aromatic rings. The molecule has 2 aromatic carbocycles. The standard InChI is InChI=1S/C22H21N7O/c1-13-17(24-26-20-18(23-5)19(25-27-20)22(2,3)4)21(30)29(28-13)16-12-8-10-14-9-6-7-11-15(14)16/h6-12,30H,1-4H3,(H,25,27)/b26-24+. The van der Waals surface area contributed by atoms with Gasteiger partial charge in [-0.15, -0.1) is 10.2 Å². The average Bonchev–Trinajstić information content (AvgIpc) is 3.26. The van der Waals surface area contributed by atoms with E-state index in [0.717, 1.165) is 16.5 Å². The fourth-order valence-electron chi connectivity index (χ4n) is 3.31. The number of aromatic hydroxyl groups is 1. The summed E-state index contributed by atoms with van der Waals surface area (Å²) >= 11 is 0. The van der Waals surface area contributed by atoms with Gasteiger partial charge in [0.2, 0.25) is 5.88 Å². The van der Waals surface area contributed by atoms with Crippen molar-refractivity contribution in [2.24, 2.45) is 10.2 Å². The first-order valence-electron chi connectivity index (χ1n) is 9.46. The monoisotopic (exact) mass is 399 g/mol. The lowest BCUT2D eigenvalue weighted by Gasteiger charge is -2.15. The van der Waals surface area contributed by atoms with Crippen LogP contribution in [-0.4, -0.2) is 25.1 Å². The molecule has 0 spiro atoms. The van der Waals surface area contributed by atoms with E-state index in [1.807, 2.05) is 63.2 Å². The van der Waals surface area contributed by atoms with E-state index in [0.29, 0.717) is 17.1 Å². The van der Waals surface area contributed by atoms with Crippen LogP contribution in [0, 0.1) is 13.5 Å². The number of hydrogen-bond donors (Lipinski definition) is 2. The Balaban J connectivity index is 1.78. The predicted molar refractivity (Wildman–Crippen MR) is 115 cm³/mol. The van der Waals surface area contributed by atoms with Crippen molar-refractivity contribution in [2.75, 3.05) is 0 Å². The van der Waals surface area contributed by atoms with Crippen molar-refractivity contribution in [2.45, 2.75) is 33.1 Å². The summed E-state index contributed by atoms with van der Waals surface area (Å²) in [5.41, 5.74) is 2.15. The Morgan fingerprint density at radius 1 is 1.10 bits per heavy atom. The minimum Gasteiger partial charge on any atom is -0.492 e. The van der Waals surface area contributed by atoms with Gasteiger partial charge < -0.3 is 5.11 Å². The van der Waals surface area contributed by atoms with E-state index in [1.54, 1.807) is 6.92 Å². The quantitative estimate of drug-likeness (QED) is 0.325. The van der Waals surface area contributed by atoms with E-state index in [9.17, 15) is 5.11 Å². The van der Waals surface area contributed by atoms with Crippen LogP contribution < -0.4 is 0 Å². The molecular weight excluding hydrogens is 378 g/mol. The predicted octanol–water partition coefficient (Wildman–Crippen LogP) is 6.03. The molecule has 30 heavy (non-hydrogen) atoms. The Labute approximate surface area is 173 Å². The molecule has 0 fully saturated rings. The van der Waals surface area contributed by atoms with Crippen molar-refractivity contribution in [3.05, 3.63) is 65.3 Å². The number of nitrogens with zero attached hydrogens (tertiary/aromatic N) is 6. The summed E-state index contributed by atoms with van der Waals surface area (Å²) in [6.07, 6.45) is 0. The molecule has 2 aromatic heterocycles. The lowest BCUT2D eigenvalue weighted by atomic mass is 9.91. The second kappa shape index (κ2) is 7.12. The van der Waals surface area contributed by atoms with Crippen LogP contribution in [0.3, 0.4) is 0 Å². The molecule has 2 N–H and O–H groups in total. The first-order chi connectivity index (χ1) is 14.3. The maximum atomic E-state index is 10.8. The highest BCUT2D eigenvalue weighted by Gasteiger charge is 2.25. The molecule has 0 saturated carbocycles. The largest absolute Gasteiger partial charge is 0.492 e. The fraction of sp³-hybridized carbons (Fsp3) is 0.227. The molecule has 8 heteroatoms. The highest BCUT2D eigenvalue weighted by atomic mass is 16.3.